The largest absolute Gasteiger partial charge is 0.593 e. The summed E-state index contributed by atoms with van der Waals surface area (Å²) in [6.45, 7) is -0.0114. The van der Waals surface area contributed by atoms with Crippen molar-refractivity contribution in [2.45, 2.75) is 36.0 Å². The molecule has 0 aliphatic carbocycles. The zero-order chi connectivity index (χ0) is 28.9. The minimum absolute atomic E-state index is 0.0495. The summed E-state index contributed by atoms with van der Waals surface area (Å²) in [7, 11) is 1.44. The van der Waals surface area contributed by atoms with Crippen molar-refractivity contribution in [1.82, 2.24) is 19.5 Å². The first-order valence-corrected chi connectivity index (χ1v) is 12.3. The summed E-state index contributed by atoms with van der Waals surface area (Å²) < 4.78 is 101. The molecule has 1 aromatic carbocycles. The van der Waals surface area contributed by atoms with E-state index >= 15 is 0 Å². The molecule has 1 aromatic heterocycles. The maximum atomic E-state index is 13.6. The van der Waals surface area contributed by atoms with Gasteiger partial charge in [0, 0.05) is 25.8 Å². The lowest BCUT2D eigenvalue weighted by atomic mass is 9.92. The van der Waals surface area contributed by atoms with Crippen LogP contribution in [0, 0.1) is 5.82 Å². The molecule has 212 valence electrons. The van der Waals surface area contributed by atoms with E-state index in [1.807, 2.05) is 0 Å². The van der Waals surface area contributed by atoms with Crippen LogP contribution in [0.25, 0.3) is 0 Å². The molecule has 2 aromatic rings. The topological polar surface area (TPSA) is 128 Å². The van der Waals surface area contributed by atoms with Crippen molar-refractivity contribution in [3.05, 3.63) is 41.5 Å². The molecule has 1 spiro atoms. The highest BCUT2D eigenvalue weighted by Crippen LogP contribution is 2.37. The van der Waals surface area contributed by atoms with Gasteiger partial charge >= 0.3 is 18.0 Å². The third-order valence-corrected chi connectivity index (χ3v) is 7.42. The number of hydrogen-bond donors (Lipinski definition) is 3. The Morgan fingerprint density at radius 1 is 1.23 bits per heavy atom. The van der Waals surface area contributed by atoms with Crippen molar-refractivity contribution in [2.24, 2.45) is 7.05 Å². The Kier molecular flexibility index (Phi) is 7.52. The van der Waals surface area contributed by atoms with Gasteiger partial charge in [-0.1, -0.05) is 0 Å². The highest BCUT2D eigenvalue weighted by molar-refractivity contribution is 7.89. The maximum Gasteiger partial charge on any atom is 0.408 e. The number of nitrogens with one attached hydrogen (secondary N) is 3. The number of nitrogens with zero attached hydrogens (tertiary/aromatic N) is 2. The van der Waals surface area contributed by atoms with Crippen LogP contribution < -0.4 is 20.1 Å². The standard InChI is InChI=1S/C22H21F6N5O5S/c1-10(22(26,27)28)29-19(35)20(36)33-7-21(8-33)9-38-16-14(39(37)31-21)6-32(2)15(16)18(34)30-11-3-4-13(23)12(5-11)17(24)25/h3-6,10,17,31H,7-9H2,1-2H3,(H,29,35)(H,30,34)/t10-,39?/m1/s1. The Hall–Kier alpha value is -3.44. The van der Waals surface area contributed by atoms with E-state index in [9.17, 15) is 45.3 Å². The first-order valence-electron chi connectivity index (χ1n) is 11.2. The van der Waals surface area contributed by atoms with Gasteiger partial charge in [-0.3, -0.25) is 14.4 Å². The van der Waals surface area contributed by atoms with Crippen molar-refractivity contribution in [3.63, 3.8) is 0 Å². The van der Waals surface area contributed by atoms with Gasteiger partial charge in [0.1, 0.15) is 24.0 Å². The van der Waals surface area contributed by atoms with Gasteiger partial charge in [0.15, 0.2) is 5.69 Å². The molecular weight excluding hydrogens is 560 g/mol. The highest BCUT2D eigenvalue weighted by atomic mass is 32.2. The Morgan fingerprint density at radius 2 is 1.90 bits per heavy atom. The molecule has 2 aliphatic heterocycles. The average Bonchev–Trinajstić information content (AvgIpc) is 3.09. The molecule has 4 rings (SSSR count). The first kappa shape index (κ1) is 28.6. The zero-order valence-corrected chi connectivity index (χ0v) is 21.0. The Bertz CT molecular complexity index is 1310. The number of carbonyl (C=O) groups excluding carboxylic acids is 3. The summed E-state index contributed by atoms with van der Waals surface area (Å²) in [4.78, 5) is 38.2. The Balaban J connectivity index is 1.45. The van der Waals surface area contributed by atoms with Crippen molar-refractivity contribution in [2.75, 3.05) is 25.0 Å². The van der Waals surface area contributed by atoms with Crippen LogP contribution in [0.1, 0.15) is 29.4 Å². The number of rotatable bonds is 4. The van der Waals surface area contributed by atoms with E-state index in [-0.39, 0.29) is 41.7 Å². The number of fused-ring (bicyclic) bond motifs is 1. The third-order valence-electron chi connectivity index (χ3n) is 6.12. The number of anilines is 1. The minimum Gasteiger partial charge on any atom is -0.593 e. The van der Waals surface area contributed by atoms with Gasteiger partial charge in [0.25, 0.3) is 12.3 Å². The molecule has 3 amide bonds. The number of benzene rings is 1. The Morgan fingerprint density at radius 3 is 2.51 bits per heavy atom. The van der Waals surface area contributed by atoms with Crippen LogP contribution in [-0.2, 0) is 28.0 Å². The molecule has 39 heavy (non-hydrogen) atoms. The van der Waals surface area contributed by atoms with E-state index in [4.69, 9.17) is 4.74 Å². The lowest BCUT2D eigenvalue weighted by Crippen LogP contribution is -2.74. The van der Waals surface area contributed by atoms with Crippen molar-refractivity contribution in [3.8, 4) is 5.75 Å². The first-order chi connectivity index (χ1) is 18.1. The van der Waals surface area contributed by atoms with Crippen molar-refractivity contribution < 1.29 is 50.0 Å². The highest BCUT2D eigenvalue weighted by Gasteiger charge is 2.53. The number of carbonyl (C=O) groups is 3. The second-order valence-electron chi connectivity index (χ2n) is 9.11. The van der Waals surface area contributed by atoms with Crippen LogP contribution >= 0.6 is 0 Å². The predicted molar refractivity (Wildman–Crippen MR) is 123 cm³/mol. The lowest BCUT2D eigenvalue weighted by molar-refractivity contribution is -0.164. The Labute approximate surface area is 220 Å². The van der Waals surface area contributed by atoms with Gasteiger partial charge in [-0.25, -0.2) is 13.2 Å². The van der Waals surface area contributed by atoms with Crippen LogP contribution in [-0.4, -0.2) is 69.2 Å². The van der Waals surface area contributed by atoms with Crippen molar-refractivity contribution >= 4 is 34.8 Å². The summed E-state index contributed by atoms with van der Waals surface area (Å²) in [6, 6.07) is 0.394. The number of aryl methyl sites for hydroxylation is 1. The molecule has 1 unspecified atom stereocenters. The summed E-state index contributed by atoms with van der Waals surface area (Å²) >= 11 is -1.99. The predicted octanol–water partition coefficient (Wildman–Crippen LogP) is 2.01. The monoisotopic (exact) mass is 581 g/mol. The third kappa shape index (κ3) is 5.65. The fraction of sp³-hybridized carbons (Fsp3) is 0.409. The van der Waals surface area contributed by atoms with Gasteiger partial charge in [0.2, 0.25) is 10.6 Å². The van der Waals surface area contributed by atoms with Gasteiger partial charge in [-0.2, -0.15) is 13.2 Å². The molecule has 3 N–H and O–H groups in total. The second kappa shape index (κ2) is 10.3. The molecule has 17 heteroatoms. The number of ether oxygens (including phenoxy) is 1. The molecule has 1 saturated heterocycles. The normalized spacial score (nSPS) is 19.0. The van der Waals surface area contributed by atoms with E-state index in [2.05, 4.69) is 10.0 Å². The van der Waals surface area contributed by atoms with E-state index in [0.717, 1.165) is 23.1 Å². The van der Waals surface area contributed by atoms with E-state index in [0.29, 0.717) is 6.92 Å². The number of aromatic nitrogens is 1. The van der Waals surface area contributed by atoms with Crippen LogP contribution in [0.15, 0.2) is 29.3 Å². The zero-order valence-electron chi connectivity index (χ0n) is 20.2. The molecule has 0 bridgehead atoms. The minimum atomic E-state index is -4.74. The summed E-state index contributed by atoms with van der Waals surface area (Å²) in [5.41, 5.74) is -2.31. The van der Waals surface area contributed by atoms with E-state index < -0.39 is 64.6 Å². The quantitative estimate of drug-likeness (QED) is 0.288. The van der Waals surface area contributed by atoms with Crippen LogP contribution in [0.4, 0.5) is 32.0 Å². The second-order valence-corrected chi connectivity index (χ2v) is 10.3. The van der Waals surface area contributed by atoms with Crippen LogP contribution in [0.2, 0.25) is 0 Å². The molecule has 0 saturated carbocycles. The molecule has 3 heterocycles. The summed E-state index contributed by atoms with van der Waals surface area (Å²) in [5.74, 6) is -4.75. The average molecular weight is 581 g/mol. The van der Waals surface area contributed by atoms with Crippen LogP contribution in [0.3, 0.4) is 0 Å². The number of amides is 3. The lowest BCUT2D eigenvalue weighted by Gasteiger charge is -2.47. The maximum absolute atomic E-state index is 13.6. The molecule has 10 nitrogen and oxygen atoms in total. The number of halogens is 6. The van der Waals surface area contributed by atoms with Gasteiger partial charge in [-0.05, 0) is 25.1 Å². The fourth-order valence-corrected chi connectivity index (χ4v) is 5.32. The smallest absolute Gasteiger partial charge is 0.408 e. The van der Waals surface area contributed by atoms with E-state index in [1.54, 1.807) is 5.32 Å². The summed E-state index contributed by atoms with van der Waals surface area (Å²) in [5, 5.41) is 3.94. The van der Waals surface area contributed by atoms with Gasteiger partial charge in [0.05, 0.1) is 23.1 Å². The van der Waals surface area contributed by atoms with Gasteiger partial charge in [-0.15, -0.1) is 4.72 Å². The molecule has 2 aliphatic rings. The van der Waals surface area contributed by atoms with Gasteiger partial charge < -0.3 is 29.4 Å². The SMILES string of the molecule is C[C@@H](NC(=O)C(=O)N1CC2(COc3c(cn(C)c3C(=O)Nc3ccc(F)c(C(F)F)c3)[S+]([O-])N2)C1)C(F)(F)F. The van der Waals surface area contributed by atoms with Crippen LogP contribution in [0.5, 0.6) is 5.75 Å². The number of alkyl halides is 5. The summed E-state index contributed by atoms with van der Waals surface area (Å²) in [6.07, 6.45) is -6.53. The number of hydrogen-bond acceptors (Lipinski definition) is 6. The molecule has 0 radical (unpaired) electrons. The molecule has 2 atom stereocenters. The fourth-order valence-electron chi connectivity index (χ4n) is 4.05. The molecular formula is C22H21F6N5O5S. The number of likely N-dealkylation sites (tertiary alicyclic amines) is 1. The van der Waals surface area contributed by atoms with Crippen molar-refractivity contribution in [1.29, 1.82) is 0 Å². The van der Waals surface area contributed by atoms with E-state index in [1.165, 1.54) is 17.8 Å². The molecule has 1 fully saturated rings.